The molecule has 1 aromatic rings. The first-order chi connectivity index (χ1) is 12.6. The third-order valence-electron chi connectivity index (χ3n) is 4.52. The first-order valence-electron chi connectivity index (χ1n) is 8.75. The van der Waals surface area contributed by atoms with Gasteiger partial charge in [0.05, 0.1) is 12.0 Å². The van der Waals surface area contributed by atoms with Crippen molar-refractivity contribution in [3.05, 3.63) is 34.7 Å². The molecule has 0 bridgehead atoms. The average Bonchev–Trinajstić information content (AvgIpc) is 2.86. The number of hydrogen-bond acceptors (Lipinski definition) is 5. The zero-order valence-electron chi connectivity index (χ0n) is 14.8. The molecule has 0 aromatic heterocycles. The van der Waals surface area contributed by atoms with Crippen LogP contribution in [0, 0.1) is 0 Å². The lowest BCUT2D eigenvalue weighted by atomic mass is 10.2. The highest BCUT2D eigenvalue weighted by Crippen LogP contribution is 2.33. The quantitative estimate of drug-likeness (QED) is 0.583. The number of nitrogens with zero attached hydrogens (tertiary/aromatic N) is 2. The SMILES string of the molecule is COc1cccc(/C=C2/SC(=S)N(CC(=O)N3CCCCCC3)C2=O)c1. The van der Waals surface area contributed by atoms with Crippen LogP contribution in [0.1, 0.15) is 31.2 Å². The monoisotopic (exact) mass is 390 g/mol. The second-order valence-corrected chi connectivity index (χ2v) is 8.02. The Morgan fingerprint density at radius 1 is 1.27 bits per heavy atom. The molecule has 2 aliphatic rings. The van der Waals surface area contributed by atoms with Crippen LogP contribution in [0.3, 0.4) is 0 Å². The fourth-order valence-corrected chi connectivity index (χ4v) is 4.33. The van der Waals surface area contributed by atoms with E-state index in [4.69, 9.17) is 17.0 Å². The molecular formula is C19H22N2O3S2. The van der Waals surface area contributed by atoms with Crippen LogP contribution in [0.2, 0.25) is 0 Å². The number of hydrogen-bond donors (Lipinski definition) is 0. The van der Waals surface area contributed by atoms with E-state index in [9.17, 15) is 9.59 Å². The van der Waals surface area contributed by atoms with Crippen LogP contribution < -0.4 is 4.74 Å². The van der Waals surface area contributed by atoms with E-state index in [0.717, 1.165) is 50.1 Å². The van der Waals surface area contributed by atoms with Gasteiger partial charge in [0.1, 0.15) is 16.6 Å². The van der Waals surface area contributed by atoms with Crippen molar-refractivity contribution in [3.8, 4) is 5.75 Å². The third-order valence-corrected chi connectivity index (χ3v) is 5.90. The Balaban J connectivity index is 1.70. The standard InChI is InChI=1S/C19H22N2O3S2/c1-24-15-8-6-7-14(11-15)12-16-18(23)21(19(25)26-16)13-17(22)20-9-4-2-3-5-10-20/h6-8,11-12H,2-5,9-10,13H2,1H3/b16-12+. The average molecular weight is 391 g/mol. The highest BCUT2D eigenvalue weighted by Gasteiger charge is 2.34. The Morgan fingerprint density at radius 2 is 2.00 bits per heavy atom. The van der Waals surface area contributed by atoms with Crippen LogP contribution in [0.5, 0.6) is 5.75 Å². The molecule has 26 heavy (non-hydrogen) atoms. The van der Waals surface area contributed by atoms with Crippen molar-refractivity contribution in [2.45, 2.75) is 25.7 Å². The van der Waals surface area contributed by atoms with E-state index >= 15 is 0 Å². The predicted octanol–water partition coefficient (Wildman–Crippen LogP) is 3.30. The zero-order chi connectivity index (χ0) is 18.5. The van der Waals surface area contributed by atoms with Gasteiger partial charge in [-0.3, -0.25) is 14.5 Å². The normalized spacial score (nSPS) is 19.8. The zero-order valence-corrected chi connectivity index (χ0v) is 16.4. The van der Waals surface area contributed by atoms with E-state index < -0.39 is 0 Å². The van der Waals surface area contributed by atoms with Crippen molar-refractivity contribution in [1.29, 1.82) is 0 Å². The lowest BCUT2D eigenvalue weighted by Gasteiger charge is -2.23. The number of likely N-dealkylation sites (tertiary alicyclic amines) is 1. The summed E-state index contributed by atoms with van der Waals surface area (Å²) in [6.07, 6.45) is 6.17. The molecule has 138 valence electrons. The maximum atomic E-state index is 12.7. The second kappa shape index (κ2) is 8.68. The summed E-state index contributed by atoms with van der Waals surface area (Å²) in [5, 5.41) is 0. The van der Waals surface area contributed by atoms with Gasteiger partial charge in [-0.25, -0.2) is 0 Å². The highest BCUT2D eigenvalue weighted by molar-refractivity contribution is 8.26. The maximum Gasteiger partial charge on any atom is 0.266 e. The number of methoxy groups -OCH3 is 1. The smallest absolute Gasteiger partial charge is 0.266 e. The van der Waals surface area contributed by atoms with Crippen LogP contribution >= 0.6 is 24.0 Å². The molecule has 2 amide bonds. The Hall–Kier alpha value is -1.86. The number of ether oxygens (including phenoxy) is 1. The van der Waals surface area contributed by atoms with E-state index in [-0.39, 0.29) is 18.4 Å². The van der Waals surface area contributed by atoms with Crippen LogP contribution in [0.25, 0.3) is 6.08 Å². The molecule has 2 fully saturated rings. The summed E-state index contributed by atoms with van der Waals surface area (Å²) in [6.45, 7) is 1.57. The Bertz CT molecular complexity index is 740. The van der Waals surface area contributed by atoms with Gasteiger partial charge in [-0.2, -0.15) is 0 Å². The summed E-state index contributed by atoms with van der Waals surface area (Å²) in [4.78, 5) is 29.1. The predicted molar refractivity (Wildman–Crippen MR) is 108 cm³/mol. The van der Waals surface area contributed by atoms with Crippen LogP contribution in [0.4, 0.5) is 0 Å². The van der Waals surface area contributed by atoms with Crippen LogP contribution in [-0.2, 0) is 9.59 Å². The highest BCUT2D eigenvalue weighted by atomic mass is 32.2. The molecule has 1 aromatic carbocycles. The van der Waals surface area contributed by atoms with Crippen molar-refractivity contribution < 1.29 is 14.3 Å². The number of thiocarbonyl (C=S) groups is 1. The molecule has 2 heterocycles. The first-order valence-corrected chi connectivity index (χ1v) is 9.98. The minimum absolute atomic E-state index is 0.0224. The fraction of sp³-hybridized carbons (Fsp3) is 0.421. The maximum absolute atomic E-state index is 12.7. The van der Waals surface area contributed by atoms with E-state index in [2.05, 4.69) is 0 Å². The van der Waals surface area contributed by atoms with Crippen molar-refractivity contribution in [1.82, 2.24) is 9.80 Å². The Kier molecular flexibility index (Phi) is 6.32. The molecule has 0 radical (unpaired) electrons. The molecule has 2 saturated heterocycles. The van der Waals surface area contributed by atoms with Crippen molar-refractivity contribution >= 4 is 46.2 Å². The van der Waals surface area contributed by atoms with E-state index in [1.165, 1.54) is 16.7 Å². The number of rotatable bonds is 4. The minimum atomic E-state index is -0.203. The minimum Gasteiger partial charge on any atom is -0.497 e. The van der Waals surface area contributed by atoms with Gasteiger partial charge in [-0.1, -0.05) is 49.0 Å². The molecule has 7 heteroatoms. The van der Waals surface area contributed by atoms with Gasteiger partial charge in [-0.15, -0.1) is 0 Å². The van der Waals surface area contributed by atoms with E-state index in [1.54, 1.807) is 13.2 Å². The van der Waals surface area contributed by atoms with Gasteiger partial charge < -0.3 is 9.64 Å². The molecule has 0 saturated carbocycles. The second-order valence-electron chi connectivity index (χ2n) is 6.34. The van der Waals surface area contributed by atoms with Gasteiger partial charge >= 0.3 is 0 Å². The van der Waals surface area contributed by atoms with Crippen molar-refractivity contribution in [2.75, 3.05) is 26.7 Å². The lowest BCUT2D eigenvalue weighted by Crippen LogP contribution is -2.42. The molecule has 5 nitrogen and oxygen atoms in total. The summed E-state index contributed by atoms with van der Waals surface area (Å²) in [5.74, 6) is 0.502. The van der Waals surface area contributed by atoms with Gasteiger partial charge in [-0.05, 0) is 36.6 Å². The number of benzene rings is 1. The Labute approximate surface area is 163 Å². The number of amides is 2. The summed E-state index contributed by atoms with van der Waals surface area (Å²) < 4.78 is 5.65. The number of carbonyl (C=O) groups is 2. The van der Waals surface area contributed by atoms with Crippen LogP contribution in [-0.4, -0.2) is 52.7 Å². The van der Waals surface area contributed by atoms with Gasteiger partial charge in [0, 0.05) is 13.1 Å². The van der Waals surface area contributed by atoms with E-state index in [0.29, 0.717) is 9.23 Å². The number of thioether (sulfide) groups is 1. The summed E-state index contributed by atoms with van der Waals surface area (Å²) in [5.41, 5.74) is 0.865. The first kappa shape index (κ1) is 18.9. The number of carbonyl (C=O) groups excluding carboxylic acids is 2. The van der Waals surface area contributed by atoms with Gasteiger partial charge in [0.25, 0.3) is 5.91 Å². The topological polar surface area (TPSA) is 49.9 Å². The molecule has 3 rings (SSSR count). The molecule has 2 aliphatic heterocycles. The lowest BCUT2D eigenvalue weighted by molar-refractivity contribution is -0.135. The Morgan fingerprint density at radius 3 is 2.69 bits per heavy atom. The molecule has 0 atom stereocenters. The fourth-order valence-electron chi connectivity index (χ4n) is 3.07. The van der Waals surface area contributed by atoms with Crippen molar-refractivity contribution in [2.24, 2.45) is 0 Å². The molecule has 0 spiro atoms. The molecule has 0 N–H and O–H groups in total. The summed E-state index contributed by atoms with van der Waals surface area (Å²) in [7, 11) is 1.60. The van der Waals surface area contributed by atoms with Gasteiger partial charge in [0.2, 0.25) is 5.91 Å². The molecule has 0 aliphatic carbocycles. The van der Waals surface area contributed by atoms with Crippen LogP contribution in [0.15, 0.2) is 29.2 Å². The summed E-state index contributed by atoms with van der Waals surface area (Å²) in [6, 6.07) is 7.48. The third kappa shape index (κ3) is 4.45. The van der Waals surface area contributed by atoms with E-state index in [1.807, 2.05) is 29.2 Å². The largest absolute Gasteiger partial charge is 0.497 e. The van der Waals surface area contributed by atoms with Crippen molar-refractivity contribution in [3.63, 3.8) is 0 Å². The van der Waals surface area contributed by atoms with Gasteiger partial charge in [0.15, 0.2) is 0 Å². The summed E-state index contributed by atoms with van der Waals surface area (Å²) >= 11 is 6.58. The molecule has 0 unspecified atom stereocenters. The molecular weight excluding hydrogens is 368 g/mol.